The van der Waals surface area contributed by atoms with Crippen molar-refractivity contribution >= 4 is 23.5 Å². The Kier molecular flexibility index (Phi) is 8.19. The van der Waals surface area contributed by atoms with Crippen molar-refractivity contribution in [2.24, 2.45) is 0 Å². The van der Waals surface area contributed by atoms with Crippen molar-refractivity contribution in [3.05, 3.63) is 59.7 Å². The second-order valence-electron chi connectivity index (χ2n) is 8.09. The summed E-state index contributed by atoms with van der Waals surface area (Å²) in [5, 5.41) is 5.18. The van der Waals surface area contributed by atoms with Gasteiger partial charge in [0, 0.05) is 11.3 Å². The summed E-state index contributed by atoms with van der Waals surface area (Å²) < 4.78 is 10.5. The molecule has 0 aliphatic heterocycles. The van der Waals surface area contributed by atoms with Gasteiger partial charge in [0.2, 0.25) is 0 Å². The Morgan fingerprint density at radius 2 is 1.58 bits per heavy atom. The fourth-order valence-corrected chi connectivity index (χ4v) is 2.71. The number of anilines is 1. The normalized spacial score (nSPS) is 11.9. The van der Waals surface area contributed by atoms with E-state index >= 15 is 0 Å². The van der Waals surface area contributed by atoms with Gasteiger partial charge in [-0.3, -0.25) is 14.4 Å². The number of benzene rings is 2. The Hall–Kier alpha value is -3.35. The summed E-state index contributed by atoms with van der Waals surface area (Å²) >= 11 is 0. The topological polar surface area (TPSA) is 93.7 Å². The molecule has 2 amide bonds. The van der Waals surface area contributed by atoms with Gasteiger partial charge in [0.05, 0.1) is 6.61 Å². The van der Waals surface area contributed by atoms with Crippen molar-refractivity contribution < 1.29 is 23.9 Å². The largest absolute Gasteiger partial charge is 0.494 e. The third-order valence-corrected chi connectivity index (χ3v) is 4.52. The number of nitrogens with one attached hydrogen (secondary N) is 2. The number of hydrogen-bond acceptors (Lipinski definition) is 5. The second-order valence-corrected chi connectivity index (χ2v) is 8.09. The Morgan fingerprint density at radius 3 is 2.13 bits per heavy atom. The molecular formula is C24H30N2O5. The van der Waals surface area contributed by atoms with E-state index in [4.69, 9.17) is 9.47 Å². The Morgan fingerprint density at radius 1 is 0.968 bits per heavy atom. The molecule has 31 heavy (non-hydrogen) atoms. The molecule has 2 aromatic carbocycles. The number of carbonyl (C=O) groups excluding carboxylic acids is 3. The molecule has 2 aromatic rings. The standard InChI is InChI=1S/C24H30N2O5/c1-6-30-20-13-11-19(12-14-20)26-22(28)16(2)31-21(27)15-25-23(29)17-7-9-18(10-8-17)24(3,4)5/h7-14,16H,6,15H2,1-5H3,(H,25,29)(H,26,28)/t16-/m1/s1. The van der Waals surface area contributed by atoms with Crippen molar-refractivity contribution in [2.45, 2.75) is 46.1 Å². The molecule has 0 unspecified atom stereocenters. The molecule has 0 aromatic heterocycles. The van der Waals surface area contributed by atoms with E-state index in [2.05, 4.69) is 31.4 Å². The Labute approximate surface area is 183 Å². The van der Waals surface area contributed by atoms with Gasteiger partial charge in [-0.25, -0.2) is 0 Å². The number of hydrogen-bond donors (Lipinski definition) is 2. The third-order valence-electron chi connectivity index (χ3n) is 4.52. The molecule has 0 heterocycles. The summed E-state index contributed by atoms with van der Waals surface area (Å²) in [4.78, 5) is 36.5. The average molecular weight is 427 g/mol. The van der Waals surface area contributed by atoms with Crippen LogP contribution in [-0.4, -0.2) is 37.0 Å². The fraction of sp³-hybridized carbons (Fsp3) is 0.375. The molecular weight excluding hydrogens is 396 g/mol. The highest BCUT2D eigenvalue weighted by Crippen LogP contribution is 2.22. The smallest absolute Gasteiger partial charge is 0.326 e. The summed E-state index contributed by atoms with van der Waals surface area (Å²) in [6.07, 6.45) is -1.01. The SMILES string of the molecule is CCOc1ccc(NC(=O)[C@@H](C)OC(=O)CNC(=O)c2ccc(C(C)(C)C)cc2)cc1. The van der Waals surface area contributed by atoms with E-state index in [0.717, 1.165) is 5.56 Å². The number of amides is 2. The van der Waals surface area contributed by atoms with Crippen LogP contribution in [0.2, 0.25) is 0 Å². The van der Waals surface area contributed by atoms with Crippen LogP contribution in [-0.2, 0) is 19.7 Å². The van der Waals surface area contributed by atoms with E-state index < -0.39 is 18.0 Å². The van der Waals surface area contributed by atoms with E-state index in [1.165, 1.54) is 6.92 Å². The maximum atomic E-state index is 12.2. The van der Waals surface area contributed by atoms with Gasteiger partial charge >= 0.3 is 5.97 Å². The van der Waals surface area contributed by atoms with E-state index in [0.29, 0.717) is 23.6 Å². The predicted octanol–water partition coefficient (Wildman–Crippen LogP) is 3.68. The lowest BCUT2D eigenvalue weighted by Gasteiger charge is -2.19. The van der Waals surface area contributed by atoms with Gasteiger partial charge in [-0.15, -0.1) is 0 Å². The molecule has 7 nitrogen and oxygen atoms in total. The van der Waals surface area contributed by atoms with Crippen LogP contribution in [0, 0.1) is 0 Å². The van der Waals surface area contributed by atoms with E-state index in [1.807, 2.05) is 19.1 Å². The molecule has 0 fully saturated rings. The molecule has 166 valence electrons. The zero-order valence-electron chi connectivity index (χ0n) is 18.7. The van der Waals surface area contributed by atoms with E-state index in [-0.39, 0.29) is 17.9 Å². The molecule has 2 rings (SSSR count). The summed E-state index contributed by atoms with van der Waals surface area (Å²) in [5.41, 5.74) is 2.10. The van der Waals surface area contributed by atoms with Gasteiger partial charge in [0.25, 0.3) is 11.8 Å². The van der Waals surface area contributed by atoms with Gasteiger partial charge < -0.3 is 20.1 Å². The predicted molar refractivity (Wildman–Crippen MR) is 119 cm³/mol. The lowest BCUT2D eigenvalue weighted by molar-refractivity contribution is -0.152. The first-order valence-corrected chi connectivity index (χ1v) is 10.2. The van der Waals surface area contributed by atoms with Crippen LogP contribution in [0.15, 0.2) is 48.5 Å². The zero-order chi connectivity index (χ0) is 23.0. The summed E-state index contributed by atoms with van der Waals surface area (Å²) in [6.45, 7) is 9.84. The minimum absolute atomic E-state index is 0.0130. The molecule has 0 saturated carbocycles. The molecule has 0 aliphatic rings. The van der Waals surface area contributed by atoms with Crippen molar-refractivity contribution in [2.75, 3.05) is 18.5 Å². The van der Waals surface area contributed by atoms with Crippen molar-refractivity contribution in [1.82, 2.24) is 5.32 Å². The first-order chi connectivity index (χ1) is 14.6. The first kappa shape index (κ1) is 23.9. The van der Waals surface area contributed by atoms with Gasteiger partial charge in [0.1, 0.15) is 12.3 Å². The molecule has 2 N–H and O–H groups in total. The Bertz CT molecular complexity index is 899. The van der Waals surface area contributed by atoms with Gasteiger partial charge in [-0.1, -0.05) is 32.9 Å². The summed E-state index contributed by atoms with van der Waals surface area (Å²) in [6, 6.07) is 14.1. The first-order valence-electron chi connectivity index (χ1n) is 10.2. The van der Waals surface area contributed by atoms with E-state index in [1.54, 1.807) is 36.4 Å². The minimum Gasteiger partial charge on any atom is -0.494 e. The van der Waals surface area contributed by atoms with Gasteiger partial charge in [-0.05, 0) is 61.2 Å². The van der Waals surface area contributed by atoms with Gasteiger partial charge in [0.15, 0.2) is 6.10 Å². The van der Waals surface area contributed by atoms with Crippen LogP contribution in [0.25, 0.3) is 0 Å². The summed E-state index contributed by atoms with van der Waals surface area (Å²) in [7, 11) is 0. The number of rotatable bonds is 8. The molecule has 0 radical (unpaired) electrons. The van der Waals surface area contributed by atoms with Gasteiger partial charge in [-0.2, -0.15) is 0 Å². The van der Waals surface area contributed by atoms with Crippen LogP contribution >= 0.6 is 0 Å². The maximum Gasteiger partial charge on any atom is 0.326 e. The number of carbonyl (C=O) groups is 3. The van der Waals surface area contributed by atoms with Crippen molar-refractivity contribution in [1.29, 1.82) is 0 Å². The number of esters is 1. The van der Waals surface area contributed by atoms with Crippen molar-refractivity contribution in [3.8, 4) is 5.75 Å². The highest BCUT2D eigenvalue weighted by Gasteiger charge is 2.19. The maximum absolute atomic E-state index is 12.2. The van der Waals surface area contributed by atoms with Crippen LogP contribution in [0.1, 0.15) is 50.5 Å². The second kappa shape index (κ2) is 10.6. The third kappa shape index (κ3) is 7.44. The van der Waals surface area contributed by atoms with E-state index in [9.17, 15) is 14.4 Å². The van der Waals surface area contributed by atoms with Crippen LogP contribution in [0.4, 0.5) is 5.69 Å². The fourth-order valence-electron chi connectivity index (χ4n) is 2.71. The molecule has 1 atom stereocenters. The molecule has 0 spiro atoms. The highest BCUT2D eigenvalue weighted by atomic mass is 16.5. The Balaban J connectivity index is 1.80. The van der Waals surface area contributed by atoms with Crippen LogP contribution in [0.3, 0.4) is 0 Å². The average Bonchev–Trinajstić information content (AvgIpc) is 2.73. The highest BCUT2D eigenvalue weighted by molar-refractivity contribution is 5.97. The molecule has 7 heteroatoms. The van der Waals surface area contributed by atoms with Crippen LogP contribution in [0.5, 0.6) is 5.75 Å². The van der Waals surface area contributed by atoms with Crippen molar-refractivity contribution in [3.63, 3.8) is 0 Å². The number of ether oxygens (including phenoxy) is 2. The van der Waals surface area contributed by atoms with Crippen LogP contribution < -0.4 is 15.4 Å². The quantitative estimate of drug-likeness (QED) is 0.628. The minimum atomic E-state index is -1.01. The molecule has 0 saturated heterocycles. The zero-order valence-corrected chi connectivity index (χ0v) is 18.7. The monoisotopic (exact) mass is 426 g/mol. The lowest BCUT2D eigenvalue weighted by atomic mass is 9.87. The molecule has 0 aliphatic carbocycles. The summed E-state index contributed by atoms with van der Waals surface area (Å²) in [5.74, 6) is -0.858. The lowest BCUT2D eigenvalue weighted by Crippen LogP contribution is -2.35. The molecule has 0 bridgehead atoms.